The molecule has 3 rings (SSSR count). The molecule has 2 aromatic rings. The Kier molecular flexibility index (Phi) is 3.61. The number of hydrogen-bond donors (Lipinski definition) is 1. The van der Waals surface area contributed by atoms with Gasteiger partial charge in [-0.15, -0.1) is 0 Å². The Bertz CT molecular complexity index is 835. The molecule has 0 bridgehead atoms. The maximum atomic E-state index is 13.9. The Hall–Kier alpha value is -2.35. The Morgan fingerprint density at radius 1 is 1.36 bits per heavy atom. The van der Waals surface area contributed by atoms with Gasteiger partial charge in [0.05, 0.1) is 10.6 Å². The number of pyridine rings is 1. The predicted octanol–water partition coefficient (Wildman–Crippen LogP) is 3.05. The highest BCUT2D eigenvalue weighted by atomic mass is 32.2. The number of halogens is 1. The van der Waals surface area contributed by atoms with Gasteiger partial charge in [0, 0.05) is 18.4 Å². The first-order valence-corrected chi connectivity index (χ1v) is 7.54. The molecule has 114 valence electrons. The van der Waals surface area contributed by atoms with Crippen LogP contribution in [0.2, 0.25) is 0 Å². The van der Waals surface area contributed by atoms with Crippen LogP contribution in [-0.2, 0) is 6.54 Å². The summed E-state index contributed by atoms with van der Waals surface area (Å²) >= 11 is 1.26. The van der Waals surface area contributed by atoms with Gasteiger partial charge in [-0.2, -0.15) is 0 Å². The van der Waals surface area contributed by atoms with E-state index >= 15 is 0 Å². The van der Waals surface area contributed by atoms with Crippen molar-refractivity contribution >= 4 is 28.8 Å². The highest BCUT2D eigenvalue weighted by Crippen LogP contribution is 2.38. The maximum absolute atomic E-state index is 13.9. The van der Waals surface area contributed by atoms with Gasteiger partial charge in [-0.25, -0.2) is 4.39 Å². The molecular weight excluding hydrogens is 309 g/mol. The van der Waals surface area contributed by atoms with Gasteiger partial charge >= 0.3 is 5.69 Å². The summed E-state index contributed by atoms with van der Waals surface area (Å²) in [4.78, 5) is 22.9. The molecule has 1 aromatic carbocycles. The molecule has 0 saturated carbocycles. The highest BCUT2D eigenvalue weighted by molar-refractivity contribution is 7.99. The van der Waals surface area contributed by atoms with Gasteiger partial charge in [0.2, 0.25) is 0 Å². The van der Waals surface area contributed by atoms with Crippen molar-refractivity contribution in [3.63, 3.8) is 0 Å². The van der Waals surface area contributed by atoms with Crippen LogP contribution in [0.4, 0.5) is 21.5 Å². The fourth-order valence-electron chi connectivity index (χ4n) is 2.34. The number of anilines is 2. The van der Waals surface area contributed by atoms with Crippen molar-refractivity contribution in [2.75, 3.05) is 11.1 Å². The van der Waals surface area contributed by atoms with Crippen LogP contribution in [0.5, 0.6) is 0 Å². The van der Waals surface area contributed by atoms with E-state index in [1.54, 1.807) is 13.0 Å². The molecule has 0 radical (unpaired) electrons. The number of hydrogen-bond acceptors (Lipinski definition) is 5. The van der Waals surface area contributed by atoms with Gasteiger partial charge in [-0.05, 0) is 24.6 Å². The molecule has 1 N–H and O–H groups in total. The molecule has 0 unspecified atom stereocenters. The van der Waals surface area contributed by atoms with Crippen LogP contribution in [0.3, 0.4) is 0 Å². The second-order valence-corrected chi connectivity index (χ2v) is 6.00. The number of fused-ring (bicyclic) bond motifs is 1. The lowest BCUT2D eigenvalue weighted by Gasteiger charge is -2.11. The van der Waals surface area contributed by atoms with Crippen LogP contribution < -0.4 is 10.9 Å². The molecule has 2 heterocycles. The second kappa shape index (κ2) is 5.45. The summed E-state index contributed by atoms with van der Waals surface area (Å²) in [6, 6.07) is 5.65. The van der Waals surface area contributed by atoms with E-state index in [9.17, 15) is 19.3 Å². The number of aryl methyl sites for hydroxylation is 1. The van der Waals surface area contributed by atoms with Crippen molar-refractivity contribution in [3.8, 4) is 0 Å². The summed E-state index contributed by atoms with van der Waals surface area (Å²) in [5.41, 5.74) is 0.323. The van der Waals surface area contributed by atoms with Gasteiger partial charge in [-0.3, -0.25) is 19.5 Å². The zero-order valence-corrected chi connectivity index (χ0v) is 12.4. The van der Waals surface area contributed by atoms with Crippen LogP contribution in [0, 0.1) is 22.9 Å². The Morgan fingerprint density at radius 3 is 2.82 bits per heavy atom. The molecule has 1 aliphatic heterocycles. The topological polar surface area (TPSA) is 77.2 Å². The Balaban J connectivity index is 2.13. The van der Waals surface area contributed by atoms with E-state index in [2.05, 4.69) is 5.32 Å². The largest absolute Gasteiger partial charge is 0.347 e. The zero-order valence-electron chi connectivity index (χ0n) is 11.6. The molecule has 0 amide bonds. The number of rotatable bonds is 3. The van der Waals surface area contributed by atoms with Gasteiger partial charge in [-0.1, -0.05) is 17.8 Å². The van der Waals surface area contributed by atoms with Gasteiger partial charge in [0.1, 0.15) is 11.5 Å². The van der Waals surface area contributed by atoms with Crippen LogP contribution in [0.15, 0.2) is 34.1 Å². The monoisotopic (exact) mass is 321 g/mol. The van der Waals surface area contributed by atoms with Crippen molar-refractivity contribution in [2.24, 2.45) is 0 Å². The molecule has 6 nitrogen and oxygen atoms in total. The molecular formula is C14H12FN3O3S. The average molecular weight is 321 g/mol. The zero-order chi connectivity index (χ0) is 15.9. The molecule has 0 spiro atoms. The number of nitro groups is 1. The van der Waals surface area contributed by atoms with Crippen molar-refractivity contribution in [3.05, 3.63) is 56.1 Å². The second-order valence-electron chi connectivity index (χ2n) is 4.92. The van der Waals surface area contributed by atoms with E-state index in [1.807, 2.05) is 0 Å². The van der Waals surface area contributed by atoms with Gasteiger partial charge in [0.15, 0.2) is 5.03 Å². The normalized spacial score (nSPS) is 13.0. The summed E-state index contributed by atoms with van der Waals surface area (Å²) in [7, 11) is 0. The third-order valence-corrected chi connectivity index (χ3v) is 4.44. The standard InChI is InChI=1S/C14H12FN3O3S/c1-8-2-3-10(9(15)6-8)16-11-7-12(19)17-4-5-22-14(17)13(11)18(20)21/h2-3,6-7,16H,4-5H2,1H3. The molecule has 0 fully saturated rings. The number of nitrogens with zero attached hydrogens (tertiary/aromatic N) is 2. The number of nitrogens with one attached hydrogen (secondary N) is 1. The predicted molar refractivity (Wildman–Crippen MR) is 82.5 cm³/mol. The Morgan fingerprint density at radius 2 is 2.14 bits per heavy atom. The Labute approximate surface area is 129 Å². The third kappa shape index (κ3) is 2.45. The molecule has 0 aliphatic carbocycles. The summed E-state index contributed by atoms with van der Waals surface area (Å²) in [6.07, 6.45) is 0. The molecule has 0 atom stereocenters. The number of aromatic nitrogens is 1. The van der Waals surface area contributed by atoms with Crippen LogP contribution in [0.1, 0.15) is 5.56 Å². The maximum Gasteiger partial charge on any atom is 0.322 e. The average Bonchev–Trinajstić information content (AvgIpc) is 2.91. The smallest absolute Gasteiger partial charge is 0.322 e. The van der Waals surface area contributed by atoms with E-state index < -0.39 is 10.7 Å². The van der Waals surface area contributed by atoms with E-state index in [1.165, 1.54) is 28.5 Å². The van der Waals surface area contributed by atoms with Crippen molar-refractivity contribution < 1.29 is 9.31 Å². The van der Waals surface area contributed by atoms with Crippen molar-refractivity contribution in [1.82, 2.24) is 4.57 Å². The number of benzene rings is 1. The summed E-state index contributed by atoms with van der Waals surface area (Å²) in [5.74, 6) is 0.0841. The SMILES string of the molecule is Cc1ccc(Nc2cc(=O)n3c(c2[N+](=O)[O-])SCC3)c(F)c1. The first-order valence-electron chi connectivity index (χ1n) is 6.55. The van der Waals surface area contributed by atoms with E-state index in [-0.39, 0.29) is 22.6 Å². The lowest BCUT2D eigenvalue weighted by Crippen LogP contribution is -2.20. The summed E-state index contributed by atoms with van der Waals surface area (Å²) in [6.45, 7) is 2.19. The first kappa shape index (κ1) is 14.6. The van der Waals surface area contributed by atoms with Gasteiger partial charge in [0.25, 0.3) is 5.56 Å². The number of thioether (sulfide) groups is 1. The summed E-state index contributed by atoms with van der Waals surface area (Å²) in [5, 5.41) is 14.4. The molecule has 0 saturated heterocycles. The first-order chi connectivity index (χ1) is 10.5. The molecule has 8 heteroatoms. The fourth-order valence-corrected chi connectivity index (χ4v) is 3.47. The molecule has 1 aromatic heterocycles. The van der Waals surface area contributed by atoms with E-state index in [0.29, 0.717) is 17.3 Å². The van der Waals surface area contributed by atoms with E-state index in [4.69, 9.17) is 0 Å². The molecule has 22 heavy (non-hydrogen) atoms. The lowest BCUT2D eigenvalue weighted by molar-refractivity contribution is -0.387. The quantitative estimate of drug-likeness (QED) is 0.694. The van der Waals surface area contributed by atoms with Crippen molar-refractivity contribution in [2.45, 2.75) is 18.5 Å². The molecule has 1 aliphatic rings. The van der Waals surface area contributed by atoms with Crippen LogP contribution in [0.25, 0.3) is 0 Å². The minimum absolute atomic E-state index is 0.0124. The fraction of sp³-hybridized carbons (Fsp3) is 0.214. The minimum atomic E-state index is -0.544. The van der Waals surface area contributed by atoms with Crippen LogP contribution >= 0.6 is 11.8 Å². The van der Waals surface area contributed by atoms with Gasteiger partial charge < -0.3 is 5.32 Å². The van der Waals surface area contributed by atoms with Crippen LogP contribution in [-0.4, -0.2) is 15.2 Å². The van der Waals surface area contributed by atoms with E-state index in [0.717, 1.165) is 11.6 Å². The van der Waals surface area contributed by atoms with Crippen molar-refractivity contribution in [1.29, 1.82) is 0 Å². The highest BCUT2D eigenvalue weighted by Gasteiger charge is 2.29. The lowest BCUT2D eigenvalue weighted by atomic mass is 10.2. The third-order valence-electron chi connectivity index (χ3n) is 3.37. The minimum Gasteiger partial charge on any atom is -0.347 e. The summed E-state index contributed by atoms with van der Waals surface area (Å²) < 4.78 is 15.3.